The van der Waals surface area contributed by atoms with Gasteiger partial charge < -0.3 is 35.1 Å². The van der Waals surface area contributed by atoms with E-state index in [1.807, 2.05) is 0 Å². The maximum absolute atomic E-state index is 14.7. The number of hydrogen-bond acceptors (Lipinski definition) is 7. The van der Waals surface area contributed by atoms with Crippen molar-refractivity contribution in [2.45, 2.75) is 19.4 Å². The monoisotopic (exact) mass is 566 g/mol. The molecule has 2 aromatic carbocycles. The van der Waals surface area contributed by atoms with Gasteiger partial charge in [-0.15, -0.1) is 11.3 Å². The molecule has 1 aromatic heterocycles. The Labute approximate surface area is 222 Å². The summed E-state index contributed by atoms with van der Waals surface area (Å²) >= 11 is 0.586. The number of ether oxygens (including phenoxy) is 3. The maximum atomic E-state index is 14.7. The number of amides is 2. The molecule has 14 heteroatoms. The van der Waals surface area contributed by atoms with Gasteiger partial charge in [0, 0.05) is 17.5 Å². The van der Waals surface area contributed by atoms with E-state index in [0.29, 0.717) is 23.9 Å². The first-order valence-electron chi connectivity index (χ1n) is 11.3. The molecule has 39 heavy (non-hydrogen) atoms. The summed E-state index contributed by atoms with van der Waals surface area (Å²) in [7, 11) is 1.22. The van der Waals surface area contributed by atoms with Crippen LogP contribution in [0, 0.1) is 23.4 Å². The average Bonchev–Trinajstić information content (AvgIpc) is 3.62. The van der Waals surface area contributed by atoms with Crippen LogP contribution in [-0.2, 0) is 6.61 Å². The molecule has 0 aliphatic heterocycles. The van der Waals surface area contributed by atoms with Gasteiger partial charge >= 0.3 is 18.0 Å². The van der Waals surface area contributed by atoms with Gasteiger partial charge in [-0.3, -0.25) is 0 Å². The minimum absolute atomic E-state index is 0.0883. The summed E-state index contributed by atoms with van der Waals surface area (Å²) in [5.41, 5.74) is -1.59. The van der Waals surface area contributed by atoms with Gasteiger partial charge in [-0.25, -0.2) is 27.6 Å². The van der Waals surface area contributed by atoms with E-state index in [1.54, 1.807) is 0 Å². The van der Waals surface area contributed by atoms with Crippen molar-refractivity contribution in [2.24, 2.45) is 5.92 Å². The third-order valence-corrected chi connectivity index (χ3v) is 6.61. The molecule has 0 bridgehead atoms. The first-order valence-corrected chi connectivity index (χ1v) is 12.2. The summed E-state index contributed by atoms with van der Waals surface area (Å²) in [5, 5.41) is 23.9. The lowest BCUT2D eigenvalue weighted by atomic mass is 10.2. The van der Waals surface area contributed by atoms with Gasteiger partial charge in [0.25, 0.3) is 0 Å². The van der Waals surface area contributed by atoms with Crippen molar-refractivity contribution in [1.29, 1.82) is 0 Å². The second kappa shape index (κ2) is 11.5. The second-order valence-corrected chi connectivity index (χ2v) is 9.29. The fourth-order valence-electron chi connectivity index (χ4n) is 3.49. The SMILES string of the molecule is COc1cc(F)c(NC(=O)Nc2csc(C(=O)O)c2C(=O)O)cc1OCc1c(OCC2CC2)ccc(F)c1F. The summed E-state index contributed by atoms with van der Waals surface area (Å²) in [6.45, 7) is -0.186. The number of aromatic carboxylic acids is 2. The van der Waals surface area contributed by atoms with Crippen LogP contribution in [-0.4, -0.2) is 41.9 Å². The normalized spacial score (nSPS) is 12.5. The van der Waals surface area contributed by atoms with Crippen molar-refractivity contribution < 1.29 is 52.0 Å². The summed E-state index contributed by atoms with van der Waals surface area (Å²) in [5.74, 6) is -6.15. The predicted molar refractivity (Wildman–Crippen MR) is 133 cm³/mol. The molecule has 1 aliphatic carbocycles. The van der Waals surface area contributed by atoms with Gasteiger partial charge in [-0.2, -0.15) is 0 Å². The van der Waals surface area contributed by atoms with Crippen LogP contribution in [0.15, 0.2) is 29.6 Å². The number of urea groups is 1. The van der Waals surface area contributed by atoms with E-state index in [0.717, 1.165) is 36.4 Å². The largest absolute Gasteiger partial charge is 0.493 e. The molecule has 1 heterocycles. The molecule has 4 N–H and O–H groups in total. The quantitative estimate of drug-likeness (QED) is 0.236. The lowest BCUT2D eigenvalue weighted by Gasteiger charge is -2.16. The van der Waals surface area contributed by atoms with Crippen LogP contribution in [0.2, 0.25) is 0 Å². The first kappa shape index (κ1) is 27.6. The van der Waals surface area contributed by atoms with E-state index in [9.17, 15) is 32.7 Å². The number of rotatable bonds is 11. The smallest absolute Gasteiger partial charge is 0.346 e. The topological polar surface area (TPSA) is 143 Å². The number of carbonyl (C=O) groups is 3. The third kappa shape index (κ3) is 6.34. The van der Waals surface area contributed by atoms with Crippen molar-refractivity contribution in [3.63, 3.8) is 0 Å². The molecular formula is C25H21F3N2O8S. The van der Waals surface area contributed by atoms with Crippen LogP contribution < -0.4 is 24.8 Å². The Bertz CT molecular complexity index is 1440. The number of nitrogens with one attached hydrogen (secondary N) is 2. The van der Waals surface area contributed by atoms with Crippen LogP contribution in [0.4, 0.5) is 29.3 Å². The Morgan fingerprint density at radius 3 is 2.31 bits per heavy atom. The molecule has 3 aromatic rings. The number of anilines is 2. The van der Waals surface area contributed by atoms with E-state index in [4.69, 9.17) is 19.3 Å². The lowest BCUT2D eigenvalue weighted by Crippen LogP contribution is -2.21. The molecule has 1 fully saturated rings. The fraction of sp³-hybridized carbons (Fsp3) is 0.240. The molecule has 0 spiro atoms. The molecule has 2 amide bonds. The fourth-order valence-corrected chi connectivity index (χ4v) is 4.31. The molecule has 1 aliphatic rings. The highest BCUT2D eigenvalue weighted by Crippen LogP contribution is 2.36. The van der Waals surface area contributed by atoms with E-state index in [-0.39, 0.29) is 28.5 Å². The molecule has 0 radical (unpaired) electrons. The van der Waals surface area contributed by atoms with Crippen LogP contribution in [0.5, 0.6) is 17.2 Å². The lowest BCUT2D eigenvalue weighted by molar-refractivity contribution is 0.0657. The maximum Gasteiger partial charge on any atom is 0.346 e. The Morgan fingerprint density at radius 1 is 0.949 bits per heavy atom. The predicted octanol–water partition coefficient (Wildman–Crippen LogP) is 5.58. The van der Waals surface area contributed by atoms with Crippen LogP contribution in [0.3, 0.4) is 0 Å². The zero-order valence-electron chi connectivity index (χ0n) is 20.2. The van der Waals surface area contributed by atoms with E-state index < -0.39 is 58.2 Å². The van der Waals surface area contributed by atoms with Crippen LogP contribution in [0.1, 0.15) is 38.4 Å². The zero-order chi connectivity index (χ0) is 28.3. The van der Waals surface area contributed by atoms with Gasteiger partial charge in [0.2, 0.25) is 0 Å². The highest BCUT2D eigenvalue weighted by Gasteiger charge is 2.26. The molecule has 206 valence electrons. The Kier molecular flexibility index (Phi) is 8.14. The molecule has 0 unspecified atom stereocenters. The number of methoxy groups -OCH3 is 1. The summed E-state index contributed by atoms with van der Waals surface area (Å²) in [6, 6.07) is 3.04. The standard InChI is InChI=1S/C25H21F3N2O8S/c1-36-18-6-14(27)15(29-25(35)30-16-10-39-22(24(33)34)20(16)23(31)32)7-19(18)38-9-12-17(37-8-11-2-3-11)5-4-13(26)21(12)28/h4-7,10-11H,2-3,8-9H2,1H3,(H,31,32)(H,33,34)(H2,29,30,35). The van der Waals surface area contributed by atoms with Crippen LogP contribution in [0.25, 0.3) is 0 Å². The van der Waals surface area contributed by atoms with Crippen molar-refractivity contribution in [1.82, 2.24) is 0 Å². The zero-order valence-corrected chi connectivity index (χ0v) is 21.0. The number of carbonyl (C=O) groups excluding carboxylic acids is 1. The van der Waals surface area contributed by atoms with Gasteiger partial charge in [0.15, 0.2) is 29.0 Å². The van der Waals surface area contributed by atoms with E-state index >= 15 is 0 Å². The molecule has 10 nitrogen and oxygen atoms in total. The molecular weight excluding hydrogens is 545 g/mol. The van der Waals surface area contributed by atoms with Gasteiger partial charge in [0.05, 0.1) is 30.7 Å². The van der Waals surface area contributed by atoms with Crippen molar-refractivity contribution >= 4 is 40.7 Å². The third-order valence-electron chi connectivity index (χ3n) is 5.65. The summed E-state index contributed by atoms with van der Waals surface area (Å²) < 4.78 is 59.5. The number of carboxylic acids is 2. The number of carboxylic acid groups (broad SMARTS) is 2. The van der Waals surface area contributed by atoms with Crippen LogP contribution >= 0.6 is 11.3 Å². The highest BCUT2D eigenvalue weighted by molar-refractivity contribution is 7.13. The van der Waals surface area contributed by atoms with E-state index in [1.165, 1.54) is 13.2 Å². The number of halogens is 3. The Morgan fingerprint density at radius 2 is 1.67 bits per heavy atom. The number of hydrogen-bond donors (Lipinski definition) is 4. The summed E-state index contributed by atoms with van der Waals surface area (Å²) in [4.78, 5) is 34.7. The van der Waals surface area contributed by atoms with Crippen molar-refractivity contribution in [3.8, 4) is 17.2 Å². The van der Waals surface area contributed by atoms with Gasteiger partial charge in [-0.05, 0) is 30.9 Å². The van der Waals surface area contributed by atoms with Crippen molar-refractivity contribution in [2.75, 3.05) is 24.4 Å². The molecule has 1 saturated carbocycles. The Balaban J connectivity index is 1.53. The average molecular weight is 567 g/mol. The second-order valence-electron chi connectivity index (χ2n) is 8.41. The van der Waals surface area contributed by atoms with Gasteiger partial charge in [-0.1, -0.05) is 0 Å². The van der Waals surface area contributed by atoms with Crippen molar-refractivity contribution in [3.05, 3.63) is 63.1 Å². The first-order chi connectivity index (χ1) is 18.6. The van der Waals surface area contributed by atoms with Gasteiger partial charge in [0.1, 0.15) is 22.8 Å². The van der Waals surface area contributed by atoms with E-state index in [2.05, 4.69) is 10.6 Å². The molecule has 4 rings (SSSR count). The minimum atomic E-state index is -1.58. The highest BCUT2D eigenvalue weighted by atomic mass is 32.1. The summed E-state index contributed by atoms with van der Waals surface area (Å²) in [6.07, 6.45) is 1.97. The Hall–Kier alpha value is -4.46. The minimum Gasteiger partial charge on any atom is -0.493 e. The number of thiophene rings is 1. The molecule has 0 saturated heterocycles. The number of benzene rings is 2. The molecule has 0 atom stereocenters.